The lowest BCUT2D eigenvalue weighted by atomic mass is 9.64. The van der Waals surface area contributed by atoms with Crippen molar-refractivity contribution in [2.24, 2.45) is 0 Å². The number of hydrogen-bond acceptors (Lipinski definition) is 0. The van der Waals surface area contributed by atoms with Gasteiger partial charge in [0, 0.05) is 0 Å². The molecule has 1 aliphatic carbocycles. The molecule has 0 saturated heterocycles. The zero-order valence-corrected chi connectivity index (χ0v) is 29.3. The molecular weight excluding hydrogens is 605 g/mol. The fourth-order valence-electron chi connectivity index (χ4n) is 10.7. The predicted octanol–water partition coefficient (Wildman–Crippen LogP) is 11.0. The Bertz CT molecular complexity index is 2480. The molecule has 0 aromatic heterocycles. The van der Waals surface area contributed by atoms with Crippen LogP contribution in [0.4, 0.5) is 0 Å². The van der Waals surface area contributed by atoms with Crippen LogP contribution in [0.2, 0.25) is 5.04 Å². The maximum absolute atomic E-state index is 2.68. The molecule has 0 amide bonds. The van der Waals surface area contributed by atoms with Gasteiger partial charge in [-0.25, -0.2) is 0 Å². The van der Waals surface area contributed by atoms with Crippen LogP contribution >= 0.6 is 0 Å². The summed E-state index contributed by atoms with van der Waals surface area (Å²) in [6.45, 7) is 5.31. The van der Waals surface area contributed by atoms with E-state index in [2.05, 4.69) is 172 Å². The molecule has 236 valence electrons. The third-order valence-corrected chi connectivity index (χ3v) is 19.2. The van der Waals surface area contributed by atoms with E-state index in [9.17, 15) is 0 Å². The number of fused-ring (bicyclic) bond motifs is 3. The summed E-state index contributed by atoms with van der Waals surface area (Å²) in [7, 11) is -2.43. The quantitative estimate of drug-likeness (QED) is 0.132. The van der Waals surface area contributed by atoms with Gasteiger partial charge in [0.25, 0.3) is 0 Å². The van der Waals surface area contributed by atoms with Gasteiger partial charge in [0.15, 0.2) is 8.07 Å². The molecule has 0 spiro atoms. The summed E-state index contributed by atoms with van der Waals surface area (Å²) in [4.78, 5) is 0. The fourth-order valence-corrected chi connectivity index (χ4v) is 17.7. The van der Waals surface area contributed by atoms with Gasteiger partial charge in [-0.1, -0.05) is 184 Å². The Balaban J connectivity index is 1.24. The molecule has 8 aromatic carbocycles. The smallest absolute Gasteiger partial charge is 0.0624 e. The van der Waals surface area contributed by atoms with Gasteiger partial charge in [0.2, 0.25) is 0 Å². The van der Waals surface area contributed by atoms with Crippen LogP contribution in [-0.2, 0) is 5.41 Å². The first-order chi connectivity index (χ1) is 24.0. The second-order valence-electron chi connectivity index (χ2n) is 15.1. The SMILES string of the molecule is CC12CCCCC1(C)[Si](c1ccccc1)(c1ccccc1)c1ccc(-c3ccc4ccc5c(-c6ccccc6)ccc6ccc3c4c65)cc12. The summed E-state index contributed by atoms with van der Waals surface area (Å²) in [5.41, 5.74) is 6.96. The van der Waals surface area contributed by atoms with Crippen LogP contribution in [0.5, 0.6) is 0 Å². The molecule has 10 rings (SSSR count). The molecule has 2 atom stereocenters. The molecule has 0 nitrogen and oxygen atoms in total. The second kappa shape index (κ2) is 10.5. The van der Waals surface area contributed by atoms with Gasteiger partial charge in [-0.15, -0.1) is 0 Å². The predicted molar refractivity (Wildman–Crippen MR) is 213 cm³/mol. The Labute approximate surface area is 290 Å². The van der Waals surface area contributed by atoms with Crippen LogP contribution in [0.1, 0.15) is 45.1 Å². The molecule has 0 radical (unpaired) electrons. The van der Waals surface area contributed by atoms with Gasteiger partial charge in [-0.3, -0.25) is 0 Å². The van der Waals surface area contributed by atoms with E-state index in [0.717, 1.165) is 0 Å². The topological polar surface area (TPSA) is 0 Å². The minimum atomic E-state index is -2.43. The average Bonchev–Trinajstić information content (AvgIpc) is 3.35. The lowest BCUT2D eigenvalue weighted by Gasteiger charge is -2.54. The van der Waals surface area contributed by atoms with E-state index in [1.807, 2.05) is 0 Å². The van der Waals surface area contributed by atoms with Crippen LogP contribution in [0.25, 0.3) is 54.6 Å². The highest BCUT2D eigenvalue weighted by Gasteiger charge is 2.68. The van der Waals surface area contributed by atoms with Crippen molar-refractivity contribution in [3.63, 3.8) is 0 Å². The Morgan fingerprint density at radius 2 is 0.980 bits per heavy atom. The third-order valence-electron chi connectivity index (χ3n) is 13.1. The minimum absolute atomic E-state index is 0.100. The van der Waals surface area contributed by atoms with Crippen molar-refractivity contribution < 1.29 is 0 Å². The van der Waals surface area contributed by atoms with Crippen molar-refractivity contribution in [1.82, 2.24) is 0 Å². The van der Waals surface area contributed by atoms with E-state index in [4.69, 9.17) is 0 Å². The highest BCUT2D eigenvalue weighted by Crippen LogP contribution is 2.65. The summed E-state index contributed by atoms with van der Waals surface area (Å²) in [5.74, 6) is 0. The van der Waals surface area contributed by atoms with Crippen molar-refractivity contribution in [3.05, 3.63) is 163 Å². The van der Waals surface area contributed by atoms with Crippen LogP contribution in [0, 0.1) is 0 Å². The van der Waals surface area contributed by atoms with Crippen LogP contribution in [-0.4, -0.2) is 8.07 Å². The van der Waals surface area contributed by atoms with E-state index >= 15 is 0 Å². The minimum Gasteiger partial charge on any atom is -0.0624 e. The first kappa shape index (κ1) is 29.0. The van der Waals surface area contributed by atoms with Crippen LogP contribution in [0.15, 0.2) is 158 Å². The normalized spacial score (nSPS) is 21.3. The zero-order chi connectivity index (χ0) is 32.8. The van der Waals surface area contributed by atoms with Crippen molar-refractivity contribution in [2.75, 3.05) is 0 Å². The van der Waals surface area contributed by atoms with E-state index in [1.165, 1.54) is 80.3 Å². The van der Waals surface area contributed by atoms with Gasteiger partial charge in [0.05, 0.1) is 0 Å². The maximum Gasteiger partial charge on any atom is 0.155 e. The molecule has 1 heterocycles. The highest BCUT2D eigenvalue weighted by atomic mass is 28.3. The summed E-state index contributed by atoms with van der Waals surface area (Å²) in [6.07, 6.45) is 5.12. The van der Waals surface area contributed by atoms with Gasteiger partial charge < -0.3 is 0 Å². The standard InChI is InChI=1S/C48H40Si/c1-47-30-12-13-31-48(47,2)49(37-16-8-4-9-17-37,38-18-10-5-11-19-38)44-29-24-36(32-43(44)47)40-26-21-35-22-27-41-39(33-14-6-3-7-15-33)25-20-34-23-28-42(40)46(35)45(34)41/h3-11,14-29,32H,12-13,30-31H2,1-2H3. The number of benzene rings is 8. The van der Waals surface area contributed by atoms with Crippen molar-refractivity contribution >= 4 is 56.0 Å². The van der Waals surface area contributed by atoms with Crippen molar-refractivity contribution in [1.29, 1.82) is 0 Å². The van der Waals surface area contributed by atoms with E-state index in [-0.39, 0.29) is 10.5 Å². The molecule has 0 bridgehead atoms. The van der Waals surface area contributed by atoms with Gasteiger partial charge >= 0.3 is 0 Å². The lowest BCUT2D eigenvalue weighted by molar-refractivity contribution is 0.241. The van der Waals surface area contributed by atoms with Gasteiger partial charge in [-0.2, -0.15) is 0 Å². The maximum atomic E-state index is 2.68. The summed E-state index contributed by atoms with van der Waals surface area (Å²) >= 11 is 0. The monoisotopic (exact) mass is 644 g/mol. The Kier molecular flexibility index (Phi) is 6.21. The Hall–Kier alpha value is -4.98. The molecule has 1 aliphatic heterocycles. The van der Waals surface area contributed by atoms with Crippen LogP contribution < -0.4 is 15.6 Å². The van der Waals surface area contributed by atoms with Crippen molar-refractivity contribution in [2.45, 2.75) is 50.0 Å². The first-order valence-corrected chi connectivity index (χ1v) is 20.1. The van der Waals surface area contributed by atoms with E-state index < -0.39 is 8.07 Å². The highest BCUT2D eigenvalue weighted by molar-refractivity contribution is 7.14. The average molecular weight is 645 g/mol. The lowest BCUT2D eigenvalue weighted by Crippen LogP contribution is -2.72. The van der Waals surface area contributed by atoms with Crippen LogP contribution in [0.3, 0.4) is 0 Å². The Morgan fingerprint density at radius 3 is 1.57 bits per heavy atom. The molecule has 8 aromatic rings. The zero-order valence-electron chi connectivity index (χ0n) is 28.3. The molecule has 1 saturated carbocycles. The second-order valence-corrected chi connectivity index (χ2v) is 19.4. The fraction of sp³-hybridized carbons (Fsp3) is 0.167. The van der Waals surface area contributed by atoms with Gasteiger partial charge in [0.1, 0.15) is 0 Å². The summed E-state index contributed by atoms with van der Waals surface area (Å²) in [5, 5.41) is 13.0. The molecule has 0 N–H and O–H groups in total. The van der Waals surface area contributed by atoms with E-state index in [1.54, 1.807) is 21.1 Å². The molecular formula is C48H40Si. The number of rotatable bonds is 4. The first-order valence-electron chi connectivity index (χ1n) is 18.1. The van der Waals surface area contributed by atoms with Gasteiger partial charge in [-0.05, 0) is 99.0 Å². The summed E-state index contributed by atoms with van der Waals surface area (Å²) < 4.78 is 0. The molecule has 2 aliphatic rings. The summed E-state index contributed by atoms with van der Waals surface area (Å²) in [6, 6.07) is 60.6. The van der Waals surface area contributed by atoms with Crippen molar-refractivity contribution in [3.8, 4) is 22.3 Å². The molecule has 49 heavy (non-hydrogen) atoms. The third kappa shape index (κ3) is 3.74. The number of hydrogen-bond donors (Lipinski definition) is 0. The molecule has 1 fully saturated rings. The van der Waals surface area contributed by atoms with E-state index in [0.29, 0.717) is 0 Å². The largest absolute Gasteiger partial charge is 0.155 e. The Morgan fingerprint density at radius 1 is 0.469 bits per heavy atom. The molecule has 1 heteroatoms. The molecule has 2 unspecified atom stereocenters.